The molecule has 2 atom stereocenters. The van der Waals surface area contributed by atoms with Gasteiger partial charge in [-0.15, -0.1) is 0 Å². The summed E-state index contributed by atoms with van der Waals surface area (Å²) < 4.78 is 25.4. The van der Waals surface area contributed by atoms with Crippen LogP contribution in [-0.4, -0.2) is 32.8 Å². The van der Waals surface area contributed by atoms with Gasteiger partial charge >= 0.3 is 6.03 Å². The van der Waals surface area contributed by atoms with Crippen molar-refractivity contribution >= 4 is 44.9 Å². The Labute approximate surface area is 146 Å². The summed E-state index contributed by atoms with van der Waals surface area (Å²) >= 11 is 11.7. The van der Waals surface area contributed by atoms with Crippen molar-refractivity contribution in [1.82, 2.24) is 10.0 Å². The maximum atomic E-state index is 12.1. The molecule has 2 amide bonds. The topological polar surface area (TPSA) is 87.3 Å². The molecule has 3 N–H and O–H groups in total. The minimum absolute atomic E-state index is 0.249. The number of urea groups is 1. The molecule has 1 fully saturated rings. The normalized spacial score (nSPS) is 21.7. The van der Waals surface area contributed by atoms with Crippen molar-refractivity contribution in [1.29, 1.82) is 0 Å². The van der Waals surface area contributed by atoms with Gasteiger partial charge < -0.3 is 10.6 Å². The largest absolute Gasteiger partial charge is 0.334 e. The Hall–Kier alpha value is -1.02. The third kappa shape index (κ3) is 5.84. The Morgan fingerprint density at radius 3 is 2.39 bits per heavy atom. The van der Waals surface area contributed by atoms with Gasteiger partial charge in [0.05, 0.1) is 16.3 Å². The van der Waals surface area contributed by atoms with E-state index in [0.717, 1.165) is 25.5 Å². The van der Waals surface area contributed by atoms with Crippen molar-refractivity contribution in [2.24, 2.45) is 0 Å². The summed E-state index contributed by atoms with van der Waals surface area (Å²) in [5.74, 6) is 0. The molecule has 2 rings (SSSR count). The van der Waals surface area contributed by atoms with Crippen LogP contribution in [0.25, 0.3) is 0 Å². The number of carbonyl (C=O) groups is 1. The highest BCUT2D eigenvalue weighted by atomic mass is 35.5. The van der Waals surface area contributed by atoms with Gasteiger partial charge in [-0.05, 0) is 31.0 Å². The second kappa shape index (κ2) is 7.70. The van der Waals surface area contributed by atoms with Crippen molar-refractivity contribution < 1.29 is 13.2 Å². The summed E-state index contributed by atoms with van der Waals surface area (Å²) in [5, 5.41) is 6.24. The van der Waals surface area contributed by atoms with Crippen LogP contribution in [0.5, 0.6) is 0 Å². The number of sulfonamides is 1. The summed E-state index contributed by atoms with van der Waals surface area (Å²) in [6, 6.07) is 3.83. The van der Waals surface area contributed by atoms with E-state index in [9.17, 15) is 13.2 Å². The van der Waals surface area contributed by atoms with E-state index in [-0.39, 0.29) is 12.1 Å². The van der Waals surface area contributed by atoms with Gasteiger partial charge in [0, 0.05) is 17.8 Å². The molecule has 0 aliphatic heterocycles. The van der Waals surface area contributed by atoms with Crippen molar-refractivity contribution in [3.63, 3.8) is 0 Å². The van der Waals surface area contributed by atoms with E-state index >= 15 is 0 Å². The lowest BCUT2D eigenvalue weighted by molar-refractivity contribution is 0.238. The SMILES string of the molecule is CS(=O)(=O)N[C@H]1CCCC[C@@H]1NC(=O)Nc1ccc(Cl)c(Cl)c1. The van der Waals surface area contributed by atoms with Gasteiger partial charge in [0.25, 0.3) is 0 Å². The summed E-state index contributed by atoms with van der Waals surface area (Å²) in [7, 11) is -3.32. The van der Waals surface area contributed by atoms with Crippen LogP contribution >= 0.6 is 23.2 Å². The average Bonchev–Trinajstić information content (AvgIpc) is 2.43. The van der Waals surface area contributed by atoms with E-state index in [1.54, 1.807) is 18.2 Å². The van der Waals surface area contributed by atoms with Crippen molar-refractivity contribution in [2.75, 3.05) is 11.6 Å². The highest BCUT2D eigenvalue weighted by Gasteiger charge is 2.28. The minimum atomic E-state index is -3.32. The monoisotopic (exact) mass is 379 g/mol. The standard InChI is InChI=1S/C14H19Cl2N3O3S/c1-23(21,22)19-13-5-3-2-4-12(13)18-14(20)17-9-6-7-10(15)11(16)8-9/h6-8,12-13,19H,2-5H2,1H3,(H2,17,18,20)/t12-,13-/m0/s1. The Bertz CT molecular complexity index is 682. The highest BCUT2D eigenvalue weighted by Crippen LogP contribution is 2.25. The molecule has 128 valence electrons. The molecule has 6 nitrogen and oxygen atoms in total. The molecular weight excluding hydrogens is 361 g/mol. The molecular formula is C14H19Cl2N3O3S. The number of carbonyl (C=O) groups excluding carboxylic acids is 1. The Morgan fingerprint density at radius 2 is 1.78 bits per heavy atom. The lowest BCUT2D eigenvalue weighted by Gasteiger charge is -2.32. The van der Waals surface area contributed by atoms with Crippen molar-refractivity contribution in [3.05, 3.63) is 28.2 Å². The molecule has 0 aromatic heterocycles. The first kappa shape index (κ1) is 18.3. The molecule has 1 aliphatic carbocycles. The van der Waals surface area contributed by atoms with Crippen LogP contribution in [0.3, 0.4) is 0 Å². The number of hydrogen-bond donors (Lipinski definition) is 3. The minimum Gasteiger partial charge on any atom is -0.334 e. The van der Waals surface area contributed by atoms with Crippen LogP contribution in [0.1, 0.15) is 25.7 Å². The second-order valence-corrected chi connectivity index (χ2v) is 8.21. The molecule has 0 heterocycles. The van der Waals surface area contributed by atoms with Gasteiger partial charge in [-0.2, -0.15) is 0 Å². The van der Waals surface area contributed by atoms with E-state index < -0.39 is 16.1 Å². The number of amides is 2. The number of nitrogens with one attached hydrogen (secondary N) is 3. The van der Waals surface area contributed by atoms with E-state index in [2.05, 4.69) is 15.4 Å². The number of hydrogen-bond acceptors (Lipinski definition) is 3. The summed E-state index contributed by atoms with van der Waals surface area (Å²) in [4.78, 5) is 12.1. The molecule has 0 radical (unpaired) electrons. The first-order valence-corrected chi connectivity index (χ1v) is 9.89. The fourth-order valence-electron chi connectivity index (χ4n) is 2.63. The Morgan fingerprint density at radius 1 is 1.13 bits per heavy atom. The number of rotatable bonds is 4. The van der Waals surface area contributed by atoms with E-state index in [1.165, 1.54) is 0 Å². The van der Waals surface area contributed by atoms with Gasteiger partial charge in [0.15, 0.2) is 0 Å². The quantitative estimate of drug-likeness (QED) is 0.751. The van der Waals surface area contributed by atoms with Crippen LogP contribution in [0.4, 0.5) is 10.5 Å². The van der Waals surface area contributed by atoms with Crippen LogP contribution in [0, 0.1) is 0 Å². The molecule has 0 spiro atoms. The maximum Gasteiger partial charge on any atom is 0.319 e. The summed E-state index contributed by atoms with van der Waals surface area (Å²) in [6.45, 7) is 0. The lowest BCUT2D eigenvalue weighted by atomic mass is 9.91. The Kier molecular flexibility index (Phi) is 6.13. The summed E-state index contributed by atoms with van der Waals surface area (Å²) in [5.41, 5.74) is 0.514. The van der Waals surface area contributed by atoms with Crippen LogP contribution < -0.4 is 15.4 Å². The van der Waals surface area contributed by atoms with Gasteiger partial charge in [0.1, 0.15) is 0 Å². The maximum absolute atomic E-state index is 12.1. The third-order valence-corrected chi connectivity index (χ3v) is 5.10. The predicted octanol–water partition coefficient (Wildman–Crippen LogP) is 2.98. The fourth-order valence-corrected chi connectivity index (χ4v) is 3.76. The van der Waals surface area contributed by atoms with Gasteiger partial charge in [-0.25, -0.2) is 17.9 Å². The van der Waals surface area contributed by atoms with Crippen LogP contribution in [0.2, 0.25) is 10.0 Å². The number of halogens is 2. The first-order valence-electron chi connectivity index (χ1n) is 7.24. The van der Waals surface area contributed by atoms with Crippen LogP contribution in [0.15, 0.2) is 18.2 Å². The predicted molar refractivity (Wildman–Crippen MR) is 92.6 cm³/mol. The molecule has 0 unspecified atom stereocenters. The molecule has 9 heteroatoms. The fraction of sp³-hybridized carbons (Fsp3) is 0.500. The second-order valence-electron chi connectivity index (χ2n) is 5.61. The first-order chi connectivity index (χ1) is 10.7. The molecule has 1 aliphatic rings. The number of benzene rings is 1. The molecule has 1 saturated carbocycles. The average molecular weight is 380 g/mol. The molecule has 0 bridgehead atoms. The van der Waals surface area contributed by atoms with Gasteiger partial charge in [-0.1, -0.05) is 36.0 Å². The molecule has 1 aromatic rings. The van der Waals surface area contributed by atoms with Gasteiger partial charge in [0.2, 0.25) is 10.0 Å². The number of anilines is 1. The Balaban J connectivity index is 1.98. The van der Waals surface area contributed by atoms with E-state index in [0.29, 0.717) is 22.2 Å². The summed E-state index contributed by atoms with van der Waals surface area (Å²) in [6.07, 6.45) is 4.42. The molecule has 23 heavy (non-hydrogen) atoms. The van der Waals surface area contributed by atoms with E-state index in [1.807, 2.05) is 0 Å². The molecule has 1 aromatic carbocycles. The van der Waals surface area contributed by atoms with Crippen molar-refractivity contribution in [2.45, 2.75) is 37.8 Å². The smallest absolute Gasteiger partial charge is 0.319 e. The van der Waals surface area contributed by atoms with Crippen LogP contribution in [-0.2, 0) is 10.0 Å². The zero-order valence-corrected chi connectivity index (χ0v) is 14.9. The zero-order chi connectivity index (χ0) is 17.0. The lowest BCUT2D eigenvalue weighted by Crippen LogP contribution is -2.53. The zero-order valence-electron chi connectivity index (χ0n) is 12.6. The van der Waals surface area contributed by atoms with Crippen molar-refractivity contribution in [3.8, 4) is 0 Å². The third-order valence-electron chi connectivity index (χ3n) is 3.63. The highest BCUT2D eigenvalue weighted by molar-refractivity contribution is 7.88. The molecule has 0 saturated heterocycles. The van der Waals surface area contributed by atoms with Gasteiger partial charge in [-0.3, -0.25) is 0 Å². The van der Waals surface area contributed by atoms with E-state index in [4.69, 9.17) is 23.2 Å².